The molecule has 2 amide bonds. The van der Waals surface area contributed by atoms with Crippen LogP contribution in [0.5, 0.6) is 0 Å². The number of aromatic nitrogens is 2. The normalized spacial score (nSPS) is 15.4. The standard InChI is InChI=1S/C11H15F3N4O/c1-2-18(9-3-4-9)10(19)16-8-5-15-17(6-8)7-11(12,13)14/h5-6,9H,2-4,7H2,1H3,(H,16,19). The molecule has 1 heterocycles. The van der Waals surface area contributed by atoms with Gasteiger partial charge in [0.2, 0.25) is 0 Å². The summed E-state index contributed by atoms with van der Waals surface area (Å²) in [5.41, 5.74) is 0.272. The van der Waals surface area contributed by atoms with Gasteiger partial charge in [0.25, 0.3) is 0 Å². The minimum Gasteiger partial charge on any atom is -0.322 e. The van der Waals surface area contributed by atoms with Crippen LogP contribution >= 0.6 is 0 Å². The zero-order valence-corrected chi connectivity index (χ0v) is 10.4. The highest BCUT2D eigenvalue weighted by molar-refractivity contribution is 5.89. The Kier molecular flexibility index (Phi) is 3.68. The summed E-state index contributed by atoms with van der Waals surface area (Å²) < 4.78 is 37.2. The zero-order chi connectivity index (χ0) is 14.0. The first-order valence-electron chi connectivity index (χ1n) is 6.06. The monoisotopic (exact) mass is 276 g/mol. The van der Waals surface area contributed by atoms with Crippen molar-refractivity contribution in [1.82, 2.24) is 14.7 Å². The molecule has 1 aromatic heterocycles. The molecule has 1 saturated carbocycles. The fraction of sp³-hybridized carbons (Fsp3) is 0.636. The quantitative estimate of drug-likeness (QED) is 0.918. The third kappa shape index (κ3) is 3.87. The Hall–Kier alpha value is -1.73. The molecule has 8 heteroatoms. The smallest absolute Gasteiger partial charge is 0.322 e. The largest absolute Gasteiger partial charge is 0.408 e. The van der Waals surface area contributed by atoms with Crippen molar-refractivity contribution in [2.45, 2.75) is 38.5 Å². The molecule has 1 aliphatic rings. The molecule has 0 atom stereocenters. The van der Waals surface area contributed by atoms with Gasteiger partial charge in [-0.25, -0.2) is 4.79 Å². The second-order valence-corrected chi connectivity index (χ2v) is 4.49. The molecule has 2 rings (SSSR count). The van der Waals surface area contributed by atoms with Crippen molar-refractivity contribution in [2.75, 3.05) is 11.9 Å². The lowest BCUT2D eigenvalue weighted by atomic mass is 10.5. The Balaban J connectivity index is 1.93. The van der Waals surface area contributed by atoms with Crippen molar-refractivity contribution in [1.29, 1.82) is 0 Å². The van der Waals surface area contributed by atoms with Gasteiger partial charge in [-0.15, -0.1) is 0 Å². The lowest BCUT2D eigenvalue weighted by Gasteiger charge is -2.20. The molecule has 5 nitrogen and oxygen atoms in total. The first kappa shape index (κ1) is 13.7. The molecule has 0 unspecified atom stereocenters. The van der Waals surface area contributed by atoms with Gasteiger partial charge in [-0.3, -0.25) is 4.68 Å². The van der Waals surface area contributed by atoms with Gasteiger partial charge in [-0.05, 0) is 19.8 Å². The second kappa shape index (κ2) is 5.10. The average Bonchev–Trinajstić information content (AvgIpc) is 3.01. The molecule has 0 spiro atoms. The fourth-order valence-electron chi connectivity index (χ4n) is 1.85. The number of carbonyl (C=O) groups is 1. The van der Waals surface area contributed by atoms with Crippen LogP contribution in [0.3, 0.4) is 0 Å². The topological polar surface area (TPSA) is 50.2 Å². The molecule has 19 heavy (non-hydrogen) atoms. The highest BCUT2D eigenvalue weighted by Gasteiger charge is 2.32. The minimum absolute atomic E-state index is 0.259. The van der Waals surface area contributed by atoms with E-state index in [1.807, 2.05) is 6.92 Å². The summed E-state index contributed by atoms with van der Waals surface area (Å²) in [6.45, 7) is 1.28. The number of halogens is 3. The first-order valence-corrected chi connectivity index (χ1v) is 6.06. The summed E-state index contributed by atoms with van der Waals surface area (Å²) in [4.78, 5) is 13.5. The SMILES string of the molecule is CCN(C(=O)Nc1cnn(CC(F)(F)F)c1)C1CC1. The van der Waals surface area contributed by atoms with E-state index in [1.165, 1.54) is 12.4 Å². The maximum atomic E-state index is 12.2. The van der Waals surface area contributed by atoms with Gasteiger partial charge >= 0.3 is 12.2 Å². The summed E-state index contributed by atoms with van der Waals surface area (Å²) in [6.07, 6.45) is 0.0243. The molecule has 0 radical (unpaired) electrons. The predicted octanol–water partition coefficient (Wildman–Crippen LogP) is 2.46. The van der Waals surface area contributed by atoms with Crippen LogP contribution in [0.25, 0.3) is 0 Å². The third-order valence-corrected chi connectivity index (χ3v) is 2.81. The van der Waals surface area contributed by atoms with Crippen molar-refractivity contribution >= 4 is 11.7 Å². The van der Waals surface area contributed by atoms with E-state index in [0.717, 1.165) is 17.5 Å². The Morgan fingerprint density at radius 2 is 2.26 bits per heavy atom. The molecule has 0 aromatic carbocycles. The lowest BCUT2D eigenvalue weighted by Crippen LogP contribution is -2.36. The van der Waals surface area contributed by atoms with Crippen LogP contribution < -0.4 is 5.32 Å². The lowest BCUT2D eigenvalue weighted by molar-refractivity contribution is -0.142. The number of nitrogens with one attached hydrogen (secondary N) is 1. The van der Waals surface area contributed by atoms with E-state index < -0.39 is 12.7 Å². The number of alkyl halides is 3. The number of urea groups is 1. The maximum absolute atomic E-state index is 12.2. The van der Waals surface area contributed by atoms with Gasteiger partial charge in [-0.2, -0.15) is 18.3 Å². The summed E-state index contributed by atoms with van der Waals surface area (Å²) in [7, 11) is 0. The number of nitrogens with zero attached hydrogens (tertiary/aromatic N) is 3. The molecule has 1 fully saturated rings. The highest BCUT2D eigenvalue weighted by Crippen LogP contribution is 2.27. The van der Waals surface area contributed by atoms with Gasteiger partial charge < -0.3 is 10.2 Å². The van der Waals surface area contributed by atoms with E-state index in [4.69, 9.17) is 0 Å². The minimum atomic E-state index is -4.32. The fourth-order valence-corrected chi connectivity index (χ4v) is 1.85. The van der Waals surface area contributed by atoms with Crippen molar-refractivity contribution in [3.8, 4) is 0 Å². The van der Waals surface area contributed by atoms with E-state index in [0.29, 0.717) is 6.54 Å². The van der Waals surface area contributed by atoms with Gasteiger partial charge in [-0.1, -0.05) is 0 Å². The number of amides is 2. The van der Waals surface area contributed by atoms with E-state index >= 15 is 0 Å². The Morgan fingerprint density at radius 3 is 2.79 bits per heavy atom. The molecule has 1 aromatic rings. The molecule has 106 valence electrons. The summed E-state index contributed by atoms with van der Waals surface area (Å²) in [6, 6.07) is -0.0354. The van der Waals surface area contributed by atoms with Gasteiger partial charge in [0.1, 0.15) is 6.54 Å². The Morgan fingerprint density at radius 1 is 1.58 bits per heavy atom. The van der Waals surface area contributed by atoms with E-state index in [9.17, 15) is 18.0 Å². The number of hydrogen-bond donors (Lipinski definition) is 1. The van der Waals surface area contributed by atoms with Crippen LogP contribution in [0.15, 0.2) is 12.4 Å². The van der Waals surface area contributed by atoms with Crippen LogP contribution in [0.4, 0.5) is 23.7 Å². The Labute approximate surface area is 108 Å². The first-order chi connectivity index (χ1) is 8.89. The summed E-state index contributed by atoms with van der Waals surface area (Å²) in [5, 5.41) is 6.12. The van der Waals surface area contributed by atoms with Crippen LogP contribution in [-0.2, 0) is 6.54 Å². The zero-order valence-electron chi connectivity index (χ0n) is 10.4. The number of anilines is 1. The molecular formula is C11H15F3N4O. The molecule has 0 bridgehead atoms. The molecule has 0 aliphatic heterocycles. The molecule has 1 N–H and O–H groups in total. The Bertz CT molecular complexity index is 453. The van der Waals surface area contributed by atoms with Crippen LogP contribution in [0.2, 0.25) is 0 Å². The van der Waals surface area contributed by atoms with Gasteiger partial charge in [0.15, 0.2) is 0 Å². The van der Waals surface area contributed by atoms with Crippen LogP contribution in [0, 0.1) is 0 Å². The van der Waals surface area contributed by atoms with Gasteiger partial charge in [0, 0.05) is 18.8 Å². The third-order valence-electron chi connectivity index (χ3n) is 2.81. The van der Waals surface area contributed by atoms with Crippen molar-refractivity contribution in [3.05, 3.63) is 12.4 Å². The number of hydrogen-bond acceptors (Lipinski definition) is 2. The highest BCUT2D eigenvalue weighted by atomic mass is 19.4. The summed E-state index contributed by atoms with van der Waals surface area (Å²) in [5.74, 6) is 0. The molecule has 1 aliphatic carbocycles. The maximum Gasteiger partial charge on any atom is 0.408 e. The molecular weight excluding hydrogens is 261 g/mol. The van der Waals surface area contributed by atoms with E-state index in [2.05, 4.69) is 10.4 Å². The number of carbonyl (C=O) groups excluding carboxylic acids is 1. The number of rotatable bonds is 4. The van der Waals surface area contributed by atoms with E-state index in [-0.39, 0.29) is 17.8 Å². The average molecular weight is 276 g/mol. The summed E-state index contributed by atoms with van der Waals surface area (Å²) >= 11 is 0. The molecule has 0 saturated heterocycles. The second-order valence-electron chi connectivity index (χ2n) is 4.49. The van der Waals surface area contributed by atoms with E-state index in [1.54, 1.807) is 4.90 Å². The predicted molar refractivity (Wildman–Crippen MR) is 62.7 cm³/mol. The van der Waals surface area contributed by atoms with Crippen LogP contribution in [0.1, 0.15) is 19.8 Å². The van der Waals surface area contributed by atoms with Gasteiger partial charge in [0.05, 0.1) is 11.9 Å². The van der Waals surface area contributed by atoms with Crippen molar-refractivity contribution in [3.63, 3.8) is 0 Å². The van der Waals surface area contributed by atoms with Crippen molar-refractivity contribution < 1.29 is 18.0 Å². The van der Waals surface area contributed by atoms with Crippen molar-refractivity contribution in [2.24, 2.45) is 0 Å². The van der Waals surface area contributed by atoms with Crippen LogP contribution in [-0.4, -0.2) is 39.5 Å².